The number of carbonyl (C=O) groups is 1. The van der Waals surface area contributed by atoms with E-state index in [4.69, 9.17) is 4.74 Å². The fraction of sp³-hybridized carbons (Fsp3) is 0.105. The summed E-state index contributed by atoms with van der Waals surface area (Å²) >= 11 is 1.60. The number of hydrogen-bond donors (Lipinski definition) is 1. The molecule has 0 spiro atoms. The molecule has 0 saturated carbocycles. The van der Waals surface area contributed by atoms with Crippen molar-refractivity contribution in [2.24, 2.45) is 0 Å². The van der Waals surface area contributed by atoms with Gasteiger partial charge in [-0.3, -0.25) is 4.79 Å². The molecule has 0 aliphatic heterocycles. The van der Waals surface area contributed by atoms with Crippen molar-refractivity contribution in [2.45, 2.75) is 11.5 Å². The van der Waals surface area contributed by atoms with Crippen LogP contribution in [0.25, 0.3) is 0 Å². The van der Waals surface area contributed by atoms with E-state index in [1.165, 1.54) is 12.1 Å². The van der Waals surface area contributed by atoms with Gasteiger partial charge < -0.3 is 10.1 Å². The van der Waals surface area contributed by atoms with Gasteiger partial charge in [0.25, 0.3) is 5.91 Å². The van der Waals surface area contributed by atoms with Gasteiger partial charge in [-0.15, -0.1) is 11.3 Å². The Labute approximate surface area is 156 Å². The van der Waals surface area contributed by atoms with Crippen LogP contribution < -0.4 is 10.1 Å². The summed E-state index contributed by atoms with van der Waals surface area (Å²) in [6, 6.07) is 17.0. The lowest BCUT2D eigenvalue weighted by molar-refractivity contribution is 0.102. The minimum absolute atomic E-state index is 0.156. The number of nitrogens with one attached hydrogen (secondary N) is 1. The first kappa shape index (κ1) is 18.2. The lowest BCUT2D eigenvalue weighted by Gasteiger charge is -2.09. The van der Waals surface area contributed by atoms with Crippen LogP contribution in [0.1, 0.15) is 15.2 Å². The molecule has 1 N–H and O–H groups in total. The minimum atomic E-state index is -3.33. The lowest BCUT2D eigenvalue weighted by atomic mass is 10.2. The quantitative estimate of drug-likeness (QED) is 0.694. The van der Waals surface area contributed by atoms with Gasteiger partial charge in [-0.1, -0.05) is 18.2 Å². The van der Waals surface area contributed by atoms with Gasteiger partial charge in [-0.05, 0) is 47.8 Å². The Morgan fingerprint density at radius 1 is 1.08 bits per heavy atom. The molecule has 0 unspecified atom stereocenters. The lowest BCUT2D eigenvalue weighted by Crippen LogP contribution is -2.12. The normalized spacial score (nSPS) is 11.1. The van der Waals surface area contributed by atoms with Gasteiger partial charge in [0.05, 0.1) is 4.90 Å². The second kappa shape index (κ2) is 7.72. The fourth-order valence-electron chi connectivity index (χ4n) is 2.28. The van der Waals surface area contributed by atoms with Gasteiger partial charge in [0.15, 0.2) is 9.84 Å². The molecule has 0 radical (unpaired) electrons. The largest absolute Gasteiger partial charge is 0.488 e. The van der Waals surface area contributed by atoms with Crippen LogP contribution in [-0.4, -0.2) is 20.6 Å². The molecule has 1 aromatic heterocycles. The number of rotatable bonds is 6. The van der Waals surface area contributed by atoms with E-state index in [1.54, 1.807) is 47.7 Å². The van der Waals surface area contributed by atoms with Crippen molar-refractivity contribution in [1.29, 1.82) is 0 Å². The van der Waals surface area contributed by atoms with Crippen LogP contribution in [0, 0.1) is 0 Å². The first-order valence-corrected chi connectivity index (χ1v) is 10.6. The molecule has 0 bridgehead atoms. The summed E-state index contributed by atoms with van der Waals surface area (Å²) in [5.74, 6) is 0.258. The molecule has 0 aliphatic carbocycles. The van der Waals surface area contributed by atoms with E-state index in [2.05, 4.69) is 5.32 Å². The van der Waals surface area contributed by atoms with Crippen molar-refractivity contribution >= 4 is 32.8 Å². The number of benzene rings is 2. The third-order valence-corrected chi connectivity index (χ3v) is 5.54. The smallest absolute Gasteiger partial charge is 0.255 e. The first-order chi connectivity index (χ1) is 12.4. The van der Waals surface area contributed by atoms with Crippen molar-refractivity contribution in [2.75, 3.05) is 11.6 Å². The predicted molar refractivity (Wildman–Crippen MR) is 103 cm³/mol. The molecule has 26 heavy (non-hydrogen) atoms. The maximum Gasteiger partial charge on any atom is 0.255 e. The van der Waals surface area contributed by atoms with E-state index >= 15 is 0 Å². The van der Waals surface area contributed by atoms with Crippen LogP contribution in [0.4, 0.5) is 5.69 Å². The summed E-state index contributed by atoms with van der Waals surface area (Å²) in [6.45, 7) is 0.444. The molecule has 5 nitrogen and oxygen atoms in total. The minimum Gasteiger partial charge on any atom is -0.488 e. The molecule has 1 amide bonds. The zero-order valence-electron chi connectivity index (χ0n) is 14.0. The summed E-state index contributed by atoms with van der Waals surface area (Å²) in [5.41, 5.74) is 0.848. The third-order valence-electron chi connectivity index (χ3n) is 3.58. The molecular formula is C19H17NO4S2. The second-order valence-corrected chi connectivity index (χ2v) is 8.70. The Morgan fingerprint density at radius 2 is 1.88 bits per heavy atom. The maximum absolute atomic E-state index is 12.4. The van der Waals surface area contributed by atoms with Crippen LogP contribution in [0.15, 0.2) is 70.9 Å². The van der Waals surface area contributed by atoms with E-state index in [0.29, 0.717) is 23.6 Å². The average Bonchev–Trinajstić information content (AvgIpc) is 3.13. The highest BCUT2D eigenvalue weighted by atomic mass is 32.2. The van der Waals surface area contributed by atoms with E-state index in [1.807, 2.05) is 17.5 Å². The van der Waals surface area contributed by atoms with Crippen LogP contribution in [-0.2, 0) is 16.4 Å². The molecule has 0 fully saturated rings. The molecule has 3 rings (SSSR count). The molecule has 0 aliphatic rings. The number of thiophene rings is 1. The van der Waals surface area contributed by atoms with E-state index in [9.17, 15) is 13.2 Å². The monoisotopic (exact) mass is 387 g/mol. The summed E-state index contributed by atoms with van der Waals surface area (Å²) < 4.78 is 29.0. The van der Waals surface area contributed by atoms with E-state index in [-0.39, 0.29) is 10.8 Å². The Bertz CT molecular complexity index is 1010. The number of sulfone groups is 1. The van der Waals surface area contributed by atoms with Gasteiger partial charge in [0.1, 0.15) is 12.4 Å². The van der Waals surface area contributed by atoms with Crippen molar-refractivity contribution in [3.63, 3.8) is 0 Å². The van der Waals surface area contributed by atoms with Crippen molar-refractivity contribution < 1.29 is 17.9 Å². The highest BCUT2D eigenvalue weighted by molar-refractivity contribution is 7.90. The Kier molecular flexibility index (Phi) is 5.39. The summed E-state index contributed by atoms with van der Waals surface area (Å²) in [7, 11) is -3.33. The zero-order valence-corrected chi connectivity index (χ0v) is 15.6. The van der Waals surface area contributed by atoms with Crippen LogP contribution in [0.2, 0.25) is 0 Å². The molecule has 1 heterocycles. The van der Waals surface area contributed by atoms with Crippen molar-refractivity contribution in [3.8, 4) is 5.75 Å². The number of anilines is 1. The Balaban J connectivity index is 1.71. The maximum atomic E-state index is 12.4. The van der Waals surface area contributed by atoms with Gasteiger partial charge in [-0.25, -0.2) is 8.42 Å². The molecule has 0 saturated heterocycles. The first-order valence-electron chi connectivity index (χ1n) is 7.78. The van der Waals surface area contributed by atoms with Gasteiger partial charge in [0, 0.05) is 22.4 Å². The molecule has 0 atom stereocenters. The van der Waals surface area contributed by atoms with Gasteiger partial charge in [0.2, 0.25) is 0 Å². The number of hydrogen-bond acceptors (Lipinski definition) is 5. The van der Waals surface area contributed by atoms with E-state index in [0.717, 1.165) is 11.1 Å². The van der Waals surface area contributed by atoms with Gasteiger partial charge >= 0.3 is 0 Å². The number of ether oxygens (including phenoxy) is 1. The topological polar surface area (TPSA) is 72.5 Å². The SMILES string of the molecule is CS(=O)(=O)c1cccc(NC(=O)c2cccc(OCc3cccs3)c2)c1. The van der Waals surface area contributed by atoms with Crippen LogP contribution in [0.3, 0.4) is 0 Å². The zero-order chi connectivity index (χ0) is 18.6. The summed E-state index contributed by atoms with van der Waals surface area (Å²) in [4.78, 5) is 13.7. The average molecular weight is 387 g/mol. The Morgan fingerprint density at radius 3 is 2.62 bits per heavy atom. The van der Waals surface area contributed by atoms with E-state index < -0.39 is 9.84 Å². The summed E-state index contributed by atoms with van der Waals surface area (Å²) in [5, 5.41) is 4.69. The molecule has 3 aromatic rings. The van der Waals surface area contributed by atoms with Gasteiger partial charge in [-0.2, -0.15) is 0 Å². The molecule has 7 heteroatoms. The number of carbonyl (C=O) groups excluding carboxylic acids is 1. The highest BCUT2D eigenvalue weighted by Crippen LogP contribution is 2.19. The van der Waals surface area contributed by atoms with Crippen molar-refractivity contribution in [3.05, 3.63) is 76.5 Å². The third kappa shape index (κ3) is 4.71. The Hall–Kier alpha value is -2.64. The standard InChI is InChI=1S/C19H17NO4S2/c1-26(22,23)18-9-3-6-15(12-18)20-19(21)14-5-2-7-16(11-14)24-13-17-8-4-10-25-17/h2-12H,13H2,1H3,(H,20,21). The highest BCUT2D eigenvalue weighted by Gasteiger charge is 2.11. The van der Waals surface area contributed by atoms with Crippen LogP contribution >= 0.6 is 11.3 Å². The summed E-state index contributed by atoms with van der Waals surface area (Å²) in [6.07, 6.45) is 1.13. The molecule has 2 aromatic carbocycles. The van der Waals surface area contributed by atoms with Crippen LogP contribution in [0.5, 0.6) is 5.75 Å². The molecule has 134 valence electrons. The predicted octanol–water partition coefficient (Wildman–Crippen LogP) is 3.98. The number of amides is 1. The fourth-order valence-corrected chi connectivity index (χ4v) is 3.57. The molecular weight excluding hydrogens is 370 g/mol. The van der Waals surface area contributed by atoms with Crippen molar-refractivity contribution in [1.82, 2.24) is 0 Å². The second-order valence-electron chi connectivity index (χ2n) is 5.65.